The van der Waals surface area contributed by atoms with Crippen molar-refractivity contribution in [3.05, 3.63) is 53.1 Å². The summed E-state index contributed by atoms with van der Waals surface area (Å²) in [4.78, 5) is 4.63. The van der Waals surface area contributed by atoms with Gasteiger partial charge in [0, 0.05) is 49.5 Å². The van der Waals surface area contributed by atoms with Gasteiger partial charge in [-0.1, -0.05) is 23.7 Å². The average Bonchev–Trinajstić information content (AvgIpc) is 2.76. The number of β-amino-alcohol motifs (C(OH)–C–C–N with tert-alkyl or cyclic N) is 1. The van der Waals surface area contributed by atoms with Crippen LogP contribution in [0.5, 0.6) is 11.5 Å². The van der Waals surface area contributed by atoms with Crippen molar-refractivity contribution < 1.29 is 19.3 Å². The van der Waals surface area contributed by atoms with Gasteiger partial charge in [0.05, 0.1) is 26.4 Å². The molecule has 0 aromatic heterocycles. The minimum absolute atomic E-state index is 0. The van der Waals surface area contributed by atoms with Gasteiger partial charge in [-0.05, 0) is 36.8 Å². The number of hydrogen-bond acceptors (Lipinski definition) is 6. The Morgan fingerprint density at radius 2 is 1.77 bits per heavy atom. The number of aryl methyl sites for hydroxylation is 1. The van der Waals surface area contributed by atoms with Gasteiger partial charge in [0.1, 0.15) is 18.1 Å². The van der Waals surface area contributed by atoms with Crippen molar-refractivity contribution in [2.45, 2.75) is 13.0 Å². The van der Waals surface area contributed by atoms with Crippen molar-refractivity contribution in [3.63, 3.8) is 0 Å². The second-order valence-corrected chi connectivity index (χ2v) is 7.91. The van der Waals surface area contributed by atoms with Gasteiger partial charge >= 0.3 is 0 Å². The van der Waals surface area contributed by atoms with Gasteiger partial charge in [0.15, 0.2) is 0 Å². The SMILES string of the molecule is COc1cccc(OCCOCC(O)CN2CCN(c3cc(Cl)ccc3C)CC2)c1.Cl. The summed E-state index contributed by atoms with van der Waals surface area (Å²) in [7, 11) is 1.63. The predicted molar refractivity (Wildman–Crippen MR) is 127 cm³/mol. The van der Waals surface area contributed by atoms with Gasteiger partial charge in [0.25, 0.3) is 0 Å². The van der Waals surface area contributed by atoms with Crippen LogP contribution in [0.1, 0.15) is 5.56 Å². The summed E-state index contributed by atoms with van der Waals surface area (Å²) in [5.74, 6) is 1.50. The number of rotatable bonds is 10. The van der Waals surface area contributed by atoms with Crippen LogP contribution < -0.4 is 14.4 Å². The summed E-state index contributed by atoms with van der Waals surface area (Å²) in [6.45, 7) is 7.52. The number of benzene rings is 2. The minimum Gasteiger partial charge on any atom is -0.497 e. The van der Waals surface area contributed by atoms with Crippen molar-refractivity contribution in [2.24, 2.45) is 0 Å². The number of hydrogen-bond donors (Lipinski definition) is 1. The molecule has 1 unspecified atom stereocenters. The van der Waals surface area contributed by atoms with Crippen molar-refractivity contribution >= 4 is 29.7 Å². The van der Waals surface area contributed by atoms with Gasteiger partial charge in [0.2, 0.25) is 0 Å². The molecule has 8 heteroatoms. The Morgan fingerprint density at radius 3 is 2.52 bits per heavy atom. The van der Waals surface area contributed by atoms with E-state index in [1.165, 1.54) is 11.3 Å². The van der Waals surface area contributed by atoms with Crippen molar-refractivity contribution in [3.8, 4) is 11.5 Å². The van der Waals surface area contributed by atoms with E-state index >= 15 is 0 Å². The molecule has 0 saturated carbocycles. The molecule has 2 aromatic carbocycles. The third-order valence-corrected chi connectivity index (χ3v) is 5.44. The smallest absolute Gasteiger partial charge is 0.123 e. The number of halogens is 2. The molecule has 1 aliphatic rings. The van der Waals surface area contributed by atoms with Crippen LogP contribution in [0.15, 0.2) is 42.5 Å². The van der Waals surface area contributed by atoms with E-state index in [1.807, 2.05) is 36.4 Å². The molecule has 1 N–H and O–H groups in total. The molecular weight excluding hydrogens is 439 g/mol. The molecule has 0 spiro atoms. The van der Waals surface area contributed by atoms with Gasteiger partial charge in [-0.2, -0.15) is 0 Å². The molecule has 0 aliphatic carbocycles. The van der Waals surface area contributed by atoms with E-state index in [0.29, 0.717) is 26.4 Å². The van der Waals surface area contributed by atoms with Crippen molar-refractivity contribution in [2.75, 3.05) is 64.6 Å². The molecule has 6 nitrogen and oxygen atoms in total. The summed E-state index contributed by atoms with van der Waals surface area (Å²) in [6.07, 6.45) is -0.513. The first-order valence-corrected chi connectivity index (χ1v) is 10.7. The number of aliphatic hydroxyl groups is 1. The van der Waals surface area contributed by atoms with E-state index in [1.54, 1.807) is 7.11 Å². The monoisotopic (exact) mass is 470 g/mol. The molecule has 1 aliphatic heterocycles. The van der Waals surface area contributed by atoms with E-state index in [4.69, 9.17) is 25.8 Å². The summed E-state index contributed by atoms with van der Waals surface area (Å²) in [5.41, 5.74) is 2.43. The first-order chi connectivity index (χ1) is 14.5. The van der Waals surface area contributed by atoms with Crippen LogP contribution in [0.4, 0.5) is 5.69 Å². The molecule has 0 radical (unpaired) electrons. The Balaban J connectivity index is 0.00000341. The Morgan fingerprint density at radius 1 is 1.03 bits per heavy atom. The summed E-state index contributed by atoms with van der Waals surface area (Å²) < 4.78 is 16.4. The minimum atomic E-state index is -0.513. The highest BCUT2D eigenvalue weighted by Gasteiger charge is 2.20. The number of nitrogens with zero attached hydrogens (tertiary/aromatic N) is 2. The first-order valence-electron chi connectivity index (χ1n) is 10.3. The number of anilines is 1. The highest BCUT2D eigenvalue weighted by atomic mass is 35.5. The third-order valence-electron chi connectivity index (χ3n) is 5.20. The molecule has 0 bridgehead atoms. The standard InChI is InChI=1S/C23H31ClN2O4.ClH/c1-18-6-7-19(24)14-23(18)26-10-8-25(9-11-26)16-20(27)17-29-12-13-30-22-5-3-4-21(15-22)28-2;/h3-7,14-15,20,27H,8-13,16-17H2,1-2H3;1H. The van der Waals surface area contributed by atoms with Crippen LogP contribution in [0.25, 0.3) is 0 Å². The lowest BCUT2D eigenvalue weighted by Crippen LogP contribution is -2.49. The zero-order chi connectivity index (χ0) is 21.3. The van der Waals surface area contributed by atoms with E-state index in [-0.39, 0.29) is 12.4 Å². The maximum atomic E-state index is 10.3. The summed E-state index contributed by atoms with van der Waals surface area (Å²) in [5, 5.41) is 11.1. The van der Waals surface area contributed by atoms with E-state index in [0.717, 1.165) is 42.7 Å². The van der Waals surface area contributed by atoms with Crippen molar-refractivity contribution in [1.29, 1.82) is 0 Å². The molecule has 0 amide bonds. The van der Waals surface area contributed by atoms with Crippen LogP contribution in [-0.2, 0) is 4.74 Å². The zero-order valence-corrected chi connectivity index (χ0v) is 19.7. The number of piperazine rings is 1. The molecule has 31 heavy (non-hydrogen) atoms. The topological polar surface area (TPSA) is 54.4 Å². The van der Waals surface area contributed by atoms with Crippen LogP contribution in [0, 0.1) is 6.92 Å². The Bertz CT molecular complexity index is 801. The van der Waals surface area contributed by atoms with E-state index in [2.05, 4.69) is 22.8 Å². The third kappa shape index (κ3) is 8.05. The Hall–Kier alpha value is -1.70. The molecule has 3 rings (SSSR count). The highest BCUT2D eigenvalue weighted by molar-refractivity contribution is 6.30. The fourth-order valence-corrected chi connectivity index (χ4v) is 3.74. The van der Waals surface area contributed by atoms with Crippen LogP contribution in [0.2, 0.25) is 5.02 Å². The van der Waals surface area contributed by atoms with Gasteiger partial charge in [-0.15, -0.1) is 12.4 Å². The lowest BCUT2D eigenvalue weighted by atomic mass is 10.1. The Kier molecular flexibility index (Phi) is 10.7. The summed E-state index contributed by atoms with van der Waals surface area (Å²) in [6, 6.07) is 13.5. The normalized spacial score (nSPS) is 15.3. The van der Waals surface area contributed by atoms with Crippen LogP contribution in [0.3, 0.4) is 0 Å². The van der Waals surface area contributed by atoms with E-state index in [9.17, 15) is 5.11 Å². The molecule has 1 saturated heterocycles. The average molecular weight is 471 g/mol. The highest BCUT2D eigenvalue weighted by Crippen LogP contribution is 2.25. The lowest BCUT2D eigenvalue weighted by molar-refractivity contribution is 0.00717. The fraction of sp³-hybridized carbons (Fsp3) is 0.478. The lowest BCUT2D eigenvalue weighted by Gasteiger charge is -2.37. The molecule has 1 fully saturated rings. The molecule has 172 valence electrons. The molecular formula is C23H32Cl2N2O4. The molecule has 2 aromatic rings. The number of methoxy groups -OCH3 is 1. The second kappa shape index (κ2) is 13.0. The van der Waals surface area contributed by atoms with Gasteiger partial charge in [-0.25, -0.2) is 0 Å². The van der Waals surface area contributed by atoms with Gasteiger partial charge < -0.3 is 24.2 Å². The largest absolute Gasteiger partial charge is 0.497 e. The second-order valence-electron chi connectivity index (χ2n) is 7.47. The number of aliphatic hydroxyl groups excluding tert-OH is 1. The quantitative estimate of drug-likeness (QED) is 0.534. The van der Waals surface area contributed by atoms with E-state index < -0.39 is 6.10 Å². The molecule has 1 heterocycles. The Labute approximate surface area is 196 Å². The predicted octanol–water partition coefficient (Wildman–Crippen LogP) is 3.66. The maximum Gasteiger partial charge on any atom is 0.123 e. The van der Waals surface area contributed by atoms with Crippen LogP contribution >= 0.6 is 24.0 Å². The molecule has 1 atom stereocenters. The maximum absolute atomic E-state index is 10.3. The van der Waals surface area contributed by atoms with Gasteiger partial charge in [-0.3, -0.25) is 4.90 Å². The van der Waals surface area contributed by atoms with Crippen molar-refractivity contribution in [1.82, 2.24) is 4.90 Å². The van der Waals surface area contributed by atoms with Crippen LogP contribution in [-0.4, -0.2) is 75.8 Å². The summed E-state index contributed by atoms with van der Waals surface area (Å²) >= 11 is 6.15. The number of ether oxygens (including phenoxy) is 3. The zero-order valence-electron chi connectivity index (χ0n) is 18.1. The fourth-order valence-electron chi connectivity index (χ4n) is 3.57. The first kappa shape index (κ1) is 25.6.